The molecule has 142 valence electrons. The third-order valence-corrected chi connectivity index (χ3v) is 5.53. The van der Waals surface area contributed by atoms with Gasteiger partial charge in [0.2, 0.25) is 0 Å². The predicted octanol–water partition coefficient (Wildman–Crippen LogP) is 3.00. The van der Waals surface area contributed by atoms with Crippen LogP contribution in [-0.2, 0) is 16.5 Å². The van der Waals surface area contributed by atoms with Gasteiger partial charge in [-0.1, -0.05) is 82.1 Å². The average molecular weight is 389 g/mol. The van der Waals surface area contributed by atoms with Gasteiger partial charge < -0.3 is 4.55 Å². The van der Waals surface area contributed by atoms with Gasteiger partial charge in [0.1, 0.15) is 10.1 Å². The molecule has 0 radical (unpaired) electrons. The topological polar surface area (TPSA) is 57.2 Å². The zero-order valence-corrected chi connectivity index (χ0v) is 19.2. The molecule has 0 bridgehead atoms. The van der Waals surface area contributed by atoms with Gasteiger partial charge in [-0.05, 0) is 37.3 Å². The summed E-state index contributed by atoms with van der Waals surface area (Å²) < 4.78 is 33.7. The number of hydrogen-bond acceptors (Lipinski definition) is 3. The number of allylic oxidation sites excluding steroid dienone is 1. The molecule has 5 heteroatoms. The molecule has 0 aliphatic carbocycles. The zero-order valence-electron chi connectivity index (χ0n) is 16.4. The molecule has 0 amide bonds. The van der Waals surface area contributed by atoms with Crippen molar-refractivity contribution in [1.29, 1.82) is 0 Å². The second-order valence-electron chi connectivity index (χ2n) is 6.78. The zero-order chi connectivity index (χ0) is 18.4. The quantitative estimate of drug-likeness (QED) is 0.201. The maximum absolute atomic E-state index is 11.2. The average Bonchev–Trinajstić information content (AvgIpc) is 2.58. The summed E-state index contributed by atoms with van der Waals surface area (Å²) in [5.74, 6) is 0. The number of aryl methyl sites for hydroxylation is 1. The Morgan fingerprint density at radius 3 is 1.77 bits per heavy atom. The molecule has 0 heterocycles. The molecular weight excluding hydrogens is 355 g/mol. The molecule has 0 fully saturated rings. The van der Waals surface area contributed by atoms with Crippen LogP contribution in [0.25, 0.3) is 0 Å². The molecule has 0 atom stereocenters. The van der Waals surface area contributed by atoms with Crippen molar-refractivity contribution in [3.63, 3.8) is 0 Å². The summed E-state index contributed by atoms with van der Waals surface area (Å²) in [6, 6.07) is 6.56. The van der Waals surface area contributed by atoms with Gasteiger partial charge in [-0.3, -0.25) is 0 Å². The van der Waals surface area contributed by atoms with Gasteiger partial charge in [0, 0.05) is 0 Å². The Balaban J connectivity index is 0.00000625. The van der Waals surface area contributed by atoms with Gasteiger partial charge in [0.25, 0.3) is 0 Å². The van der Waals surface area contributed by atoms with Crippen molar-refractivity contribution in [3.05, 3.63) is 42.5 Å². The van der Waals surface area contributed by atoms with Crippen LogP contribution in [0.1, 0.15) is 82.6 Å². The second kappa shape index (κ2) is 15.9. The molecular formula is C21H33NaO3S. The largest absolute Gasteiger partial charge is 1.00 e. The van der Waals surface area contributed by atoms with E-state index in [1.165, 1.54) is 63.9 Å². The summed E-state index contributed by atoms with van der Waals surface area (Å²) in [6.07, 6.45) is 17.5. The first-order chi connectivity index (χ1) is 12.1. The van der Waals surface area contributed by atoms with E-state index in [0.29, 0.717) is 12.0 Å². The summed E-state index contributed by atoms with van der Waals surface area (Å²) >= 11 is 0. The number of benzene rings is 1. The Morgan fingerprint density at radius 2 is 1.27 bits per heavy atom. The van der Waals surface area contributed by atoms with E-state index in [1.807, 2.05) is 6.08 Å². The molecule has 0 saturated heterocycles. The van der Waals surface area contributed by atoms with Crippen molar-refractivity contribution in [1.82, 2.24) is 0 Å². The minimum absolute atomic E-state index is 0. The van der Waals surface area contributed by atoms with E-state index in [-0.39, 0.29) is 34.5 Å². The molecule has 1 rings (SSSR count). The van der Waals surface area contributed by atoms with Crippen molar-refractivity contribution in [2.45, 2.75) is 88.4 Å². The van der Waals surface area contributed by atoms with E-state index in [2.05, 4.69) is 6.58 Å². The predicted molar refractivity (Wildman–Crippen MR) is 104 cm³/mol. The van der Waals surface area contributed by atoms with Crippen LogP contribution in [0.15, 0.2) is 41.8 Å². The van der Waals surface area contributed by atoms with E-state index in [9.17, 15) is 13.0 Å². The van der Waals surface area contributed by atoms with Crippen LogP contribution in [0.2, 0.25) is 0 Å². The van der Waals surface area contributed by atoms with Crippen LogP contribution in [0.3, 0.4) is 0 Å². The maximum atomic E-state index is 11.2. The van der Waals surface area contributed by atoms with Gasteiger partial charge in [-0.2, -0.15) is 0 Å². The first-order valence-electron chi connectivity index (χ1n) is 9.70. The fourth-order valence-electron chi connectivity index (χ4n) is 3.15. The fourth-order valence-corrected chi connectivity index (χ4v) is 3.89. The standard InChI is InChI=1S/C21H34O3S.Na/c1-2-3-4-5-6-7-8-9-10-11-12-13-14-17-20-18-15-16-19-21(20)25(22,23)24;/h2,15-16,18-19H,1,3-14,17H2,(H,22,23,24);/q;+1/p-1. The van der Waals surface area contributed by atoms with Crippen molar-refractivity contribution in [2.75, 3.05) is 0 Å². The van der Waals surface area contributed by atoms with E-state index in [0.717, 1.165) is 19.3 Å². The second-order valence-corrected chi connectivity index (χ2v) is 8.13. The Morgan fingerprint density at radius 1 is 0.808 bits per heavy atom. The molecule has 3 nitrogen and oxygen atoms in total. The van der Waals surface area contributed by atoms with Crippen LogP contribution in [0.4, 0.5) is 0 Å². The summed E-state index contributed by atoms with van der Waals surface area (Å²) in [6.45, 7) is 3.74. The monoisotopic (exact) mass is 388 g/mol. The number of rotatable bonds is 15. The smallest absolute Gasteiger partial charge is 0.744 e. The van der Waals surface area contributed by atoms with E-state index >= 15 is 0 Å². The molecule has 0 saturated carbocycles. The van der Waals surface area contributed by atoms with Gasteiger partial charge in [0.15, 0.2) is 0 Å². The van der Waals surface area contributed by atoms with Gasteiger partial charge in [0.05, 0.1) is 4.90 Å². The van der Waals surface area contributed by atoms with Crippen LogP contribution in [0, 0.1) is 0 Å². The van der Waals surface area contributed by atoms with Crippen molar-refractivity contribution < 1.29 is 42.5 Å². The Hall–Kier alpha value is -0.130. The van der Waals surface area contributed by atoms with Gasteiger partial charge in [-0.25, -0.2) is 8.42 Å². The third-order valence-electron chi connectivity index (χ3n) is 4.60. The van der Waals surface area contributed by atoms with Crippen LogP contribution in [0.5, 0.6) is 0 Å². The normalized spacial score (nSPS) is 11.1. The number of hydrogen-bond donors (Lipinski definition) is 0. The molecule has 1 aromatic carbocycles. The third kappa shape index (κ3) is 12.3. The summed E-state index contributed by atoms with van der Waals surface area (Å²) in [7, 11) is -4.36. The minimum atomic E-state index is -4.36. The van der Waals surface area contributed by atoms with Crippen molar-refractivity contribution in [3.8, 4) is 0 Å². The molecule has 0 aliphatic rings. The first kappa shape index (κ1) is 25.9. The van der Waals surface area contributed by atoms with Crippen LogP contribution < -0.4 is 29.6 Å². The molecule has 0 unspecified atom stereocenters. The van der Waals surface area contributed by atoms with E-state index in [4.69, 9.17) is 0 Å². The fraction of sp³-hybridized carbons (Fsp3) is 0.619. The molecule has 26 heavy (non-hydrogen) atoms. The van der Waals surface area contributed by atoms with E-state index < -0.39 is 10.1 Å². The number of unbranched alkanes of at least 4 members (excludes halogenated alkanes) is 11. The summed E-state index contributed by atoms with van der Waals surface area (Å²) in [4.78, 5) is -0.0527. The molecule has 0 aromatic heterocycles. The molecule has 0 aliphatic heterocycles. The summed E-state index contributed by atoms with van der Waals surface area (Å²) in [5, 5.41) is 0. The van der Waals surface area contributed by atoms with Crippen LogP contribution >= 0.6 is 0 Å². The minimum Gasteiger partial charge on any atom is -0.744 e. The maximum Gasteiger partial charge on any atom is 1.00 e. The summed E-state index contributed by atoms with van der Waals surface area (Å²) in [5.41, 5.74) is 0.661. The van der Waals surface area contributed by atoms with Crippen molar-refractivity contribution >= 4 is 10.1 Å². The Kier molecular flexibility index (Phi) is 15.8. The molecule has 0 spiro atoms. The SMILES string of the molecule is C=CCCCCCCCCCCCCCc1ccccc1S(=O)(=O)[O-].[Na+]. The van der Waals surface area contributed by atoms with Gasteiger partial charge in [-0.15, -0.1) is 6.58 Å². The Bertz CT molecular complexity index is 585. The Labute approximate surface area is 182 Å². The van der Waals surface area contributed by atoms with Crippen LogP contribution in [-0.4, -0.2) is 13.0 Å². The molecule has 0 N–H and O–H groups in total. The van der Waals surface area contributed by atoms with Crippen molar-refractivity contribution in [2.24, 2.45) is 0 Å². The molecule has 1 aromatic rings. The van der Waals surface area contributed by atoms with Gasteiger partial charge >= 0.3 is 29.6 Å². The first-order valence-corrected chi connectivity index (χ1v) is 11.1. The van der Waals surface area contributed by atoms with E-state index in [1.54, 1.807) is 18.2 Å².